The lowest BCUT2D eigenvalue weighted by Gasteiger charge is -2.03. The molecule has 0 bridgehead atoms. The molecular weight excluding hydrogens is 310 g/mol. The summed E-state index contributed by atoms with van der Waals surface area (Å²) in [6, 6.07) is 0. The van der Waals surface area contributed by atoms with E-state index in [0.29, 0.717) is 12.2 Å². The van der Waals surface area contributed by atoms with Crippen LogP contribution in [0.2, 0.25) is 0 Å². The fourth-order valence-electron chi connectivity index (χ4n) is 3.15. The third kappa shape index (κ3) is 19.3. The summed E-state index contributed by atoms with van der Waals surface area (Å²) in [7, 11) is 0. The number of unbranched alkanes of at least 4 members (excludes halogenated alkanes) is 16. The molecule has 3 nitrogen and oxygen atoms in total. The second-order valence-electron chi connectivity index (χ2n) is 7.42. The molecule has 0 saturated heterocycles. The first kappa shape index (κ1) is 24.2. The molecular formula is C22H43NO2. The molecule has 0 aliphatic carbocycles. The van der Waals surface area contributed by atoms with Gasteiger partial charge in [-0.2, -0.15) is 0 Å². The van der Waals surface area contributed by atoms with E-state index in [-0.39, 0.29) is 5.91 Å². The van der Waals surface area contributed by atoms with Crippen molar-refractivity contribution in [1.82, 2.24) is 0 Å². The van der Waals surface area contributed by atoms with Crippen molar-refractivity contribution in [3.63, 3.8) is 0 Å². The van der Waals surface area contributed by atoms with Crippen LogP contribution >= 0.6 is 0 Å². The summed E-state index contributed by atoms with van der Waals surface area (Å²) >= 11 is 0. The first-order valence-electron chi connectivity index (χ1n) is 10.8. The minimum atomic E-state index is -0.293. The monoisotopic (exact) mass is 353 g/mol. The fourth-order valence-corrected chi connectivity index (χ4v) is 3.15. The summed E-state index contributed by atoms with van der Waals surface area (Å²) < 4.78 is 0. The zero-order valence-electron chi connectivity index (χ0n) is 16.7. The molecule has 3 N–H and O–H groups in total. The van der Waals surface area contributed by atoms with Crippen molar-refractivity contribution in [3.05, 3.63) is 11.6 Å². The number of rotatable bonds is 19. The lowest BCUT2D eigenvalue weighted by atomic mass is 10.0. The molecule has 0 rings (SSSR count). The van der Waals surface area contributed by atoms with Gasteiger partial charge in [0.15, 0.2) is 0 Å². The molecule has 1 amide bonds. The van der Waals surface area contributed by atoms with E-state index in [4.69, 9.17) is 10.8 Å². The first-order valence-corrected chi connectivity index (χ1v) is 10.8. The highest BCUT2D eigenvalue weighted by atomic mass is 16.2. The molecule has 0 radical (unpaired) electrons. The fraction of sp³-hybridized carbons (Fsp3) is 0.864. The Morgan fingerprint density at radius 3 is 1.32 bits per heavy atom. The van der Waals surface area contributed by atoms with Crippen LogP contribution in [0.3, 0.4) is 0 Å². The molecule has 0 spiro atoms. The summed E-state index contributed by atoms with van der Waals surface area (Å²) in [5.74, 6) is -0.293. The molecule has 0 aromatic rings. The van der Waals surface area contributed by atoms with Gasteiger partial charge in [-0.15, -0.1) is 0 Å². The second-order valence-corrected chi connectivity index (χ2v) is 7.42. The average molecular weight is 354 g/mol. The minimum absolute atomic E-state index is 0.293. The van der Waals surface area contributed by atoms with Gasteiger partial charge in [0, 0.05) is 12.2 Å². The summed E-state index contributed by atoms with van der Waals surface area (Å²) in [6.07, 6.45) is 24.0. The Morgan fingerprint density at radius 1 is 0.680 bits per heavy atom. The maximum Gasteiger partial charge on any atom is 0.244 e. The Hall–Kier alpha value is -0.830. The number of primary amides is 1. The third-order valence-electron chi connectivity index (χ3n) is 4.95. The number of carbonyl (C=O) groups excluding carboxylic acids is 1. The van der Waals surface area contributed by atoms with Gasteiger partial charge in [0.2, 0.25) is 5.91 Å². The zero-order valence-corrected chi connectivity index (χ0v) is 16.7. The molecule has 0 heterocycles. The topological polar surface area (TPSA) is 63.3 Å². The predicted molar refractivity (Wildman–Crippen MR) is 109 cm³/mol. The quantitative estimate of drug-likeness (QED) is 0.219. The summed E-state index contributed by atoms with van der Waals surface area (Å²) in [4.78, 5) is 10.9. The van der Waals surface area contributed by atoms with Crippen molar-refractivity contribution in [1.29, 1.82) is 0 Å². The van der Waals surface area contributed by atoms with E-state index in [2.05, 4.69) is 0 Å². The van der Waals surface area contributed by atoms with Crippen molar-refractivity contribution < 1.29 is 9.90 Å². The van der Waals surface area contributed by atoms with E-state index in [1.165, 1.54) is 96.3 Å². The van der Waals surface area contributed by atoms with Crippen molar-refractivity contribution in [2.75, 3.05) is 6.61 Å². The smallest absolute Gasteiger partial charge is 0.244 e. The molecule has 3 heteroatoms. The van der Waals surface area contributed by atoms with Gasteiger partial charge in [-0.25, -0.2) is 0 Å². The SMILES string of the molecule is C/C(=C\CCCCCCCCCCCCCCCCCCO)C(N)=O. The lowest BCUT2D eigenvalue weighted by Crippen LogP contribution is -2.11. The molecule has 0 unspecified atom stereocenters. The molecule has 0 aromatic heterocycles. The Balaban J connectivity index is 3.10. The second kappa shape index (κ2) is 19.5. The maximum absolute atomic E-state index is 10.9. The number of hydrogen-bond acceptors (Lipinski definition) is 2. The van der Waals surface area contributed by atoms with Crippen LogP contribution in [0.1, 0.15) is 116 Å². The number of aliphatic hydroxyl groups is 1. The summed E-state index contributed by atoms with van der Waals surface area (Å²) in [5, 5.41) is 8.71. The van der Waals surface area contributed by atoms with E-state index in [1.54, 1.807) is 6.92 Å². The molecule has 0 aromatic carbocycles. The molecule has 0 atom stereocenters. The predicted octanol–water partition coefficient (Wildman–Crippen LogP) is 6.04. The van der Waals surface area contributed by atoms with Crippen LogP contribution in [-0.2, 0) is 4.79 Å². The van der Waals surface area contributed by atoms with Crippen LogP contribution in [0.4, 0.5) is 0 Å². The zero-order chi connectivity index (χ0) is 18.6. The number of hydrogen-bond donors (Lipinski definition) is 2. The largest absolute Gasteiger partial charge is 0.396 e. The molecule has 0 saturated carbocycles. The van der Waals surface area contributed by atoms with Crippen LogP contribution in [0.15, 0.2) is 11.6 Å². The molecule has 0 aliphatic heterocycles. The van der Waals surface area contributed by atoms with Gasteiger partial charge >= 0.3 is 0 Å². The van der Waals surface area contributed by atoms with Crippen molar-refractivity contribution in [3.8, 4) is 0 Å². The first-order chi connectivity index (χ1) is 12.2. The van der Waals surface area contributed by atoms with Crippen LogP contribution in [0, 0.1) is 0 Å². The van der Waals surface area contributed by atoms with Gasteiger partial charge in [0.25, 0.3) is 0 Å². The van der Waals surface area contributed by atoms with Crippen LogP contribution in [-0.4, -0.2) is 17.6 Å². The van der Waals surface area contributed by atoms with E-state index in [1.807, 2.05) is 6.08 Å². The van der Waals surface area contributed by atoms with E-state index in [0.717, 1.165) is 12.8 Å². The standard InChI is InChI=1S/C22H43NO2/c1-21(22(23)25)19-17-15-13-11-9-7-5-3-2-4-6-8-10-12-14-16-18-20-24/h19,24H,2-18,20H2,1H3,(H2,23,25)/b21-19+. The normalized spacial score (nSPS) is 11.8. The van der Waals surface area contributed by atoms with Gasteiger partial charge in [-0.3, -0.25) is 4.79 Å². The molecule has 25 heavy (non-hydrogen) atoms. The highest BCUT2D eigenvalue weighted by Gasteiger charge is 1.96. The Labute approximate surface area is 156 Å². The lowest BCUT2D eigenvalue weighted by molar-refractivity contribution is -0.114. The third-order valence-corrected chi connectivity index (χ3v) is 4.95. The van der Waals surface area contributed by atoms with Crippen molar-refractivity contribution in [2.24, 2.45) is 5.73 Å². The van der Waals surface area contributed by atoms with E-state index in [9.17, 15) is 4.79 Å². The van der Waals surface area contributed by atoms with Gasteiger partial charge in [-0.05, 0) is 26.2 Å². The van der Waals surface area contributed by atoms with Gasteiger partial charge in [-0.1, -0.05) is 96.0 Å². The number of allylic oxidation sites excluding steroid dienone is 1. The number of nitrogens with two attached hydrogens (primary N) is 1. The van der Waals surface area contributed by atoms with Gasteiger partial charge in [0.05, 0.1) is 0 Å². The van der Waals surface area contributed by atoms with Crippen LogP contribution < -0.4 is 5.73 Å². The van der Waals surface area contributed by atoms with E-state index < -0.39 is 0 Å². The van der Waals surface area contributed by atoms with Crippen molar-refractivity contribution in [2.45, 2.75) is 116 Å². The van der Waals surface area contributed by atoms with Gasteiger partial charge in [0.1, 0.15) is 0 Å². The highest BCUT2D eigenvalue weighted by Crippen LogP contribution is 2.14. The maximum atomic E-state index is 10.9. The Bertz CT molecular complexity index is 326. The Morgan fingerprint density at radius 2 is 1.00 bits per heavy atom. The van der Waals surface area contributed by atoms with Crippen molar-refractivity contribution >= 4 is 5.91 Å². The highest BCUT2D eigenvalue weighted by molar-refractivity contribution is 5.91. The van der Waals surface area contributed by atoms with Crippen LogP contribution in [0.25, 0.3) is 0 Å². The molecule has 148 valence electrons. The number of amides is 1. The average Bonchev–Trinajstić information content (AvgIpc) is 2.60. The molecule has 0 fully saturated rings. The van der Waals surface area contributed by atoms with Gasteiger partial charge < -0.3 is 10.8 Å². The Kier molecular flexibility index (Phi) is 18.8. The number of aliphatic hydroxyl groups excluding tert-OH is 1. The minimum Gasteiger partial charge on any atom is -0.396 e. The summed E-state index contributed by atoms with van der Waals surface area (Å²) in [6.45, 7) is 2.15. The van der Waals surface area contributed by atoms with E-state index >= 15 is 0 Å². The summed E-state index contributed by atoms with van der Waals surface area (Å²) in [5.41, 5.74) is 5.89. The molecule has 0 aliphatic rings. The van der Waals surface area contributed by atoms with Crippen LogP contribution in [0.5, 0.6) is 0 Å². The number of carbonyl (C=O) groups is 1.